The standard InChI is InChI=1S/C12H19N3O2/c1-14-5-3-6-15(11(8-13)12(14)16)9-10-4-2-7-17-10/h2,4,7,11H,3,5-6,8-9,13H2,1H3. The van der Waals surface area contributed by atoms with Crippen LogP contribution in [0.1, 0.15) is 12.2 Å². The molecule has 1 amide bonds. The second-order valence-corrected chi connectivity index (χ2v) is 4.41. The summed E-state index contributed by atoms with van der Waals surface area (Å²) in [5.74, 6) is 0.984. The van der Waals surface area contributed by atoms with E-state index in [1.807, 2.05) is 19.2 Å². The fourth-order valence-electron chi connectivity index (χ4n) is 2.23. The van der Waals surface area contributed by atoms with Gasteiger partial charge in [0, 0.05) is 26.7 Å². The number of carbonyl (C=O) groups excluding carboxylic acids is 1. The number of hydrogen-bond acceptors (Lipinski definition) is 4. The Balaban J connectivity index is 2.10. The molecule has 1 aromatic heterocycles. The van der Waals surface area contributed by atoms with Crippen LogP contribution < -0.4 is 5.73 Å². The van der Waals surface area contributed by atoms with Crippen LogP contribution in [0.4, 0.5) is 0 Å². The first-order chi connectivity index (χ1) is 8.22. The monoisotopic (exact) mass is 237 g/mol. The minimum atomic E-state index is -0.229. The van der Waals surface area contributed by atoms with E-state index in [0.717, 1.165) is 25.3 Å². The lowest BCUT2D eigenvalue weighted by molar-refractivity contribution is -0.134. The highest BCUT2D eigenvalue weighted by atomic mass is 16.3. The largest absolute Gasteiger partial charge is 0.468 e. The molecule has 1 atom stereocenters. The van der Waals surface area contributed by atoms with Crippen LogP contribution in [-0.2, 0) is 11.3 Å². The summed E-state index contributed by atoms with van der Waals surface area (Å²) in [7, 11) is 1.83. The van der Waals surface area contributed by atoms with Crippen molar-refractivity contribution in [2.45, 2.75) is 19.0 Å². The lowest BCUT2D eigenvalue weighted by atomic mass is 10.2. The van der Waals surface area contributed by atoms with E-state index in [1.165, 1.54) is 0 Å². The molecule has 1 fully saturated rings. The van der Waals surface area contributed by atoms with Gasteiger partial charge in [0.15, 0.2) is 0 Å². The number of amides is 1. The summed E-state index contributed by atoms with van der Waals surface area (Å²) in [6.07, 6.45) is 2.62. The molecule has 1 saturated heterocycles. The van der Waals surface area contributed by atoms with Crippen LogP contribution >= 0.6 is 0 Å². The Bertz CT molecular complexity index is 364. The van der Waals surface area contributed by atoms with E-state index in [-0.39, 0.29) is 11.9 Å². The van der Waals surface area contributed by atoms with Crippen LogP contribution in [0.5, 0.6) is 0 Å². The van der Waals surface area contributed by atoms with Gasteiger partial charge in [-0.15, -0.1) is 0 Å². The van der Waals surface area contributed by atoms with Gasteiger partial charge >= 0.3 is 0 Å². The number of hydrogen-bond donors (Lipinski definition) is 1. The van der Waals surface area contributed by atoms with E-state index >= 15 is 0 Å². The van der Waals surface area contributed by atoms with Crippen LogP contribution in [0.2, 0.25) is 0 Å². The van der Waals surface area contributed by atoms with Crippen molar-refractivity contribution in [1.29, 1.82) is 0 Å². The third-order valence-electron chi connectivity index (χ3n) is 3.20. The van der Waals surface area contributed by atoms with Gasteiger partial charge in [-0.3, -0.25) is 9.69 Å². The molecule has 17 heavy (non-hydrogen) atoms. The molecule has 5 nitrogen and oxygen atoms in total. The van der Waals surface area contributed by atoms with Crippen LogP contribution in [0.25, 0.3) is 0 Å². The third kappa shape index (κ3) is 2.68. The molecule has 1 unspecified atom stereocenters. The number of likely N-dealkylation sites (N-methyl/N-ethyl adjacent to an activating group) is 1. The maximum absolute atomic E-state index is 12.1. The number of furan rings is 1. The minimum Gasteiger partial charge on any atom is -0.468 e. The Labute approximate surface area is 101 Å². The van der Waals surface area contributed by atoms with E-state index in [2.05, 4.69) is 4.90 Å². The zero-order chi connectivity index (χ0) is 12.3. The Morgan fingerprint density at radius 2 is 2.35 bits per heavy atom. The van der Waals surface area contributed by atoms with Gasteiger partial charge < -0.3 is 15.1 Å². The molecule has 1 aliphatic rings. The number of nitrogens with two attached hydrogens (primary N) is 1. The maximum Gasteiger partial charge on any atom is 0.240 e. The normalized spacial score (nSPS) is 22.8. The van der Waals surface area contributed by atoms with Crippen molar-refractivity contribution in [3.05, 3.63) is 24.2 Å². The molecule has 0 aromatic carbocycles. The van der Waals surface area contributed by atoms with Crippen LogP contribution in [0.15, 0.2) is 22.8 Å². The van der Waals surface area contributed by atoms with Crippen molar-refractivity contribution in [3.63, 3.8) is 0 Å². The van der Waals surface area contributed by atoms with Crippen molar-refractivity contribution < 1.29 is 9.21 Å². The van der Waals surface area contributed by atoms with Crippen molar-refractivity contribution in [2.24, 2.45) is 5.73 Å². The molecular weight excluding hydrogens is 218 g/mol. The SMILES string of the molecule is CN1CCCN(Cc2ccco2)C(CN)C1=O. The molecule has 0 radical (unpaired) electrons. The second-order valence-electron chi connectivity index (χ2n) is 4.41. The summed E-state index contributed by atoms with van der Waals surface area (Å²) in [5.41, 5.74) is 5.72. The molecule has 2 rings (SSSR count). The third-order valence-corrected chi connectivity index (χ3v) is 3.20. The van der Waals surface area contributed by atoms with Crippen LogP contribution in [-0.4, -0.2) is 48.4 Å². The van der Waals surface area contributed by atoms with E-state index in [9.17, 15) is 4.79 Å². The van der Waals surface area contributed by atoms with Crippen LogP contribution in [0, 0.1) is 0 Å². The predicted octanol–water partition coefficient (Wildman–Crippen LogP) is 0.271. The number of carbonyl (C=O) groups is 1. The number of nitrogens with zero attached hydrogens (tertiary/aromatic N) is 2. The van der Waals surface area contributed by atoms with Crippen molar-refractivity contribution in [3.8, 4) is 0 Å². The maximum atomic E-state index is 12.1. The summed E-state index contributed by atoms with van der Waals surface area (Å²) in [6.45, 7) is 2.67. The molecule has 1 aliphatic heterocycles. The van der Waals surface area contributed by atoms with Crippen molar-refractivity contribution >= 4 is 5.91 Å². The molecule has 94 valence electrons. The van der Waals surface area contributed by atoms with Gasteiger partial charge in [-0.25, -0.2) is 0 Å². The first-order valence-electron chi connectivity index (χ1n) is 5.94. The molecule has 0 aliphatic carbocycles. The van der Waals surface area contributed by atoms with Gasteiger partial charge in [0.1, 0.15) is 11.8 Å². The summed E-state index contributed by atoms with van der Waals surface area (Å²) < 4.78 is 5.32. The highest BCUT2D eigenvalue weighted by Gasteiger charge is 2.30. The first kappa shape index (κ1) is 12.1. The van der Waals surface area contributed by atoms with Gasteiger partial charge in [-0.2, -0.15) is 0 Å². The summed E-state index contributed by atoms with van der Waals surface area (Å²) in [5, 5.41) is 0. The van der Waals surface area contributed by atoms with E-state index < -0.39 is 0 Å². The van der Waals surface area contributed by atoms with Gasteiger partial charge in [-0.05, 0) is 18.6 Å². The molecule has 0 saturated carbocycles. The predicted molar refractivity (Wildman–Crippen MR) is 64.2 cm³/mol. The van der Waals surface area contributed by atoms with Crippen molar-refractivity contribution in [1.82, 2.24) is 9.80 Å². The molecule has 1 aromatic rings. The second kappa shape index (κ2) is 5.33. The zero-order valence-corrected chi connectivity index (χ0v) is 10.1. The average molecular weight is 237 g/mol. The van der Waals surface area contributed by atoms with Gasteiger partial charge in [0.05, 0.1) is 12.8 Å². The first-order valence-corrected chi connectivity index (χ1v) is 5.94. The number of rotatable bonds is 3. The smallest absolute Gasteiger partial charge is 0.240 e. The lowest BCUT2D eigenvalue weighted by Gasteiger charge is -2.27. The van der Waals surface area contributed by atoms with Gasteiger partial charge in [-0.1, -0.05) is 0 Å². The van der Waals surface area contributed by atoms with Crippen molar-refractivity contribution in [2.75, 3.05) is 26.7 Å². The molecule has 0 bridgehead atoms. The molecule has 0 spiro atoms. The fourth-order valence-corrected chi connectivity index (χ4v) is 2.23. The quantitative estimate of drug-likeness (QED) is 0.819. The molecular formula is C12H19N3O2. The zero-order valence-electron chi connectivity index (χ0n) is 10.1. The highest BCUT2D eigenvalue weighted by molar-refractivity contribution is 5.82. The molecule has 2 heterocycles. The summed E-state index contributed by atoms with van der Waals surface area (Å²) >= 11 is 0. The lowest BCUT2D eigenvalue weighted by Crippen LogP contribution is -2.48. The average Bonchev–Trinajstić information content (AvgIpc) is 2.77. The highest BCUT2D eigenvalue weighted by Crippen LogP contribution is 2.14. The fraction of sp³-hybridized carbons (Fsp3) is 0.583. The van der Waals surface area contributed by atoms with E-state index in [0.29, 0.717) is 13.1 Å². The molecule has 2 N–H and O–H groups in total. The Kier molecular flexibility index (Phi) is 3.81. The van der Waals surface area contributed by atoms with Gasteiger partial charge in [0.2, 0.25) is 5.91 Å². The van der Waals surface area contributed by atoms with Gasteiger partial charge in [0.25, 0.3) is 0 Å². The van der Waals surface area contributed by atoms with E-state index in [4.69, 9.17) is 10.2 Å². The Hall–Kier alpha value is -1.33. The van der Waals surface area contributed by atoms with Crippen LogP contribution in [0.3, 0.4) is 0 Å². The minimum absolute atomic E-state index is 0.108. The topological polar surface area (TPSA) is 62.7 Å². The summed E-state index contributed by atoms with van der Waals surface area (Å²) in [6, 6.07) is 3.55. The Morgan fingerprint density at radius 3 is 3.00 bits per heavy atom. The Morgan fingerprint density at radius 1 is 1.53 bits per heavy atom. The molecule has 5 heteroatoms. The summed E-state index contributed by atoms with van der Waals surface area (Å²) in [4.78, 5) is 16.0. The van der Waals surface area contributed by atoms with E-state index in [1.54, 1.807) is 11.2 Å².